The molecule has 0 amide bonds. The van der Waals surface area contributed by atoms with Crippen LogP contribution in [-0.4, -0.2) is 32.1 Å². The predicted molar refractivity (Wildman–Crippen MR) is 150 cm³/mol. The number of para-hydroxylation sites is 1. The number of hydrogen-bond acceptors (Lipinski definition) is 6. The van der Waals surface area contributed by atoms with Crippen molar-refractivity contribution in [1.29, 1.82) is 0 Å². The first-order chi connectivity index (χ1) is 18.9. The summed E-state index contributed by atoms with van der Waals surface area (Å²) in [4.78, 5) is 27.2. The molecule has 1 aliphatic heterocycles. The van der Waals surface area contributed by atoms with Crippen LogP contribution in [0.1, 0.15) is 42.7 Å². The normalized spacial score (nSPS) is 18.8. The van der Waals surface area contributed by atoms with E-state index in [1.54, 1.807) is 7.11 Å². The highest BCUT2D eigenvalue weighted by molar-refractivity contribution is 6.30. The van der Waals surface area contributed by atoms with Crippen LogP contribution in [0.25, 0.3) is 0 Å². The second-order valence-corrected chi connectivity index (χ2v) is 10.1. The maximum atomic E-state index is 13.7. The van der Waals surface area contributed by atoms with Crippen molar-refractivity contribution < 1.29 is 23.8 Å². The molecule has 1 aliphatic carbocycles. The van der Waals surface area contributed by atoms with Crippen molar-refractivity contribution in [2.45, 2.75) is 31.6 Å². The molecule has 1 heterocycles. The van der Waals surface area contributed by atoms with Gasteiger partial charge in [0.05, 0.1) is 12.7 Å². The number of halogens is 1. The lowest BCUT2D eigenvalue weighted by Gasteiger charge is -2.36. The van der Waals surface area contributed by atoms with Gasteiger partial charge in [0.25, 0.3) is 0 Å². The zero-order valence-electron chi connectivity index (χ0n) is 21.9. The molecule has 200 valence electrons. The predicted octanol–water partition coefficient (Wildman–Crippen LogP) is 6.33. The van der Waals surface area contributed by atoms with Crippen molar-refractivity contribution >= 4 is 23.4 Å². The highest BCUT2D eigenvalue weighted by Crippen LogP contribution is 2.46. The van der Waals surface area contributed by atoms with E-state index in [9.17, 15) is 9.59 Å². The zero-order chi connectivity index (χ0) is 27.4. The summed E-state index contributed by atoms with van der Waals surface area (Å²) in [5.41, 5.74) is 4.45. The van der Waals surface area contributed by atoms with Crippen LogP contribution in [0, 0.1) is 0 Å². The molecule has 5 rings (SSSR count). The van der Waals surface area contributed by atoms with Gasteiger partial charge < -0.3 is 19.5 Å². The molecular weight excluding hydrogens is 514 g/mol. The van der Waals surface area contributed by atoms with Crippen molar-refractivity contribution in [2.24, 2.45) is 0 Å². The molecule has 0 saturated heterocycles. The third-order valence-corrected chi connectivity index (χ3v) is 7.42. The SMILES string of the molecule is COc1ccc([C@H]2C(C(=O)OCCOc3ccccc3)=C(C)NC3=C2C(=O)C[C@@H](c2ccc(Cl)cc2)C3)cc1. The van der Waals surface area contributed by atoms with Crippen molar-refractivity contribution in [3.05, 3.63) is 118 Å². The van der Waals surface area contributed by atoms with Crippen molar-refractivity contribution in [2.75, 3.05) is 20.3 Å². The Morgan fingerprint density at radius 2 is 1.59 bits per heavy atom. The van der Waals surface area contributed by atoms with Gasteiger partial charge in [-0.25, -0.2) is 4.79 Å². The van der Waals surface area contributed by atoms with Gasteiger partial charge in [-0.1, -0.05) is 54.1 Å². The first kappa shape index (κ1) is 26.6. The molecule has 2 aliphatic rings. The molecule has 1 N–H and O–H groups in total. The number of carbonyl (C=O) groups is 2. The molecule has 3 aromatic rings. The second kappa shape index (κ2) is 11.8. The summed E-state index contributed by atoms with van der Waals surface area (Å²) in [7, 11) is 1.60. The van der Waals surface area contributed by atoms with E-state index in [2.05, 4.69) is 5.32 Å². The molecule has 3 aromatic carbocycles. The Hall–Kier alpha value is -4.03. The Labute approximate surface area is 233 Å². The number of rotatable bonds is 8. The van der Waals surface area contributed by atoms with E-state index < -0.39 is 11.9 Å². The Balaban J connectivity index is 1.42. The van der Waals surface area contributed by atoms with Crippen molar-refractivity contribution in [1.82, 2.24) is 5.32 Å². The molecule has 0 spiro atoms. The second-order valence-electron chi connectivity index (χ2n) is 9.64. The fraction of sp³-hybridized carbons (Fsp3) is 0.250. The lowest BCUT2D eigenvalue weighted by atomic mass is 9.72. The summed E-state index contributed by atoms with van der Waals surface area (Å²) in [5, 5.41) is 4.04. The van der Waals surface area contributed by atoms with Gasteiger partial charge in [0, 0.05) is 34.3 Å². The van der Waals surface area contributed by atoms with E-state index in [4.69, 9.17) is 25.8 Å². The van der Waals surface area contributed by atoms with Crippen LogP contribution in [0.2, 0.25) is 5.02 Å². The van der Waals surface area contributed by atoms with E-state index in [-0.39, 0.29) is 24.9 Å². The van der Waals surface area contributed by atoms with E-state index in [0.29, 0.717) is 46.2 Å². The van der Waals surface area contributed by atoms with Crippen LogP contribution in [0.15, 0.2) is 101 Å². The number of benzene rings is 3. The van der Waals surface area contributed by atoms with Crippen LogP contribution in [-0.2, 0) is 14.3 Å². The number of ketones is 1. The summed E-state index contributed by atoms with van der Waals surface area (Å²) >= 11 is 6.08. The average Bonchev–Trinajstić information content (AvgIpc) is 2.95. The quantitative estimate of drug-likeness (QED) is 0.264. The monoisotopic (exact) mass is 543 g/mol. The maximum absolute atomic E-state index is 13.7. The number of allylic oxidation sites excluding steroid dienone is 3. The summed E-state index contributed by atoms with van der Waals surface area (Å²) in [6, 6.07) is 24.5. The van der Waals surface area contributed by atoms with Crippen molar-refractivity contribution in [3.63, 3.8) is 0 Å². The largest absolute Gasteiger partial charge is 0.497 e. The van der Waals surface area contributed by atoms with Gasteiger partial charge in [-0.3, -0.25) is 4.79 Å². The molecule has 7 heteroatoms. The molecular formula is C32H30ClNO5. The first-order valence-electron chi connectivity index (χ1n) is 12.9. The minimum absolute atomic E-state index is 0.00901. The fourth-order valence-corrected chi connectivity index (χ4v) is 5.42. The highest BCUT2D eigenvalue weighted by atomic mass is 35.5. The number of carbonyl (C=O) groups excluding carboxylic acids is 2. The fourth-order valence-electron chi connectivity index (χ4n) is 5.30. The maximum Gasteiger partial charge on any atom is 0.336 e. The molecule has 39 heavy (non-hydrogen) atoms. The van der Waals surface area contributed by atoms with E-state index in [1.165, 1.54) is 0 Å². The third kappa shape index (κ3) is 5.86. The van der Waals surface area contributed by atoms with Gasteiger partial charge >= 0.3 is 5.97 Å². The minimum atomic E-state index is -0.548. The van der Waals surface area contributed by atoms with Gasteiger partial charge in [-0.15, -0.1) is 0 Å². The van der Waals surface area contributed by atoms with Gasteiger partial charge in [-0.05, 0) is 66.8 Å². The number of nitrogens with one attached hydrogen (secondary N) is 1. The molecule has 0 fully saturated rings. The number of methoxy groups -OCH3 is 1. The topological polar surface area (TPSA) is 73.9 Å². The number of ether oxygens (including phenoxy) is 3. The van der Waals surface area contributed by atoms with Gasteiger partial charge in [0.15, 0.2) is 5.78 Å². The zero-order valence-corrected chi connectivity index (χ0v) is 22.7. The van der Waals surface area contributed by atoms with Crippen molar-refractivity contribution in [3.8, 4) is 11.5 Å². The Morgan fingerprint density at radius 3 is 2.28 bits per heavy atom. The van der Waals surface area contributed by atoms with Crippen LogP contribution in [0.4, 0.5) is 0 Å². The Morgan fingerprint density at radius 1 is 0.897 bits per heavy atom. The average molecular weight is 544 g/mol. The third-order valence-electron chi connectivity index (χ3n) is 7.17. The van der Waals surface area contributed by atoms with Gasteiger partial charge in [0.1, 0.15) is 24.7 Å². The summed E-state index contributed by atoms with van der Waals surface area (Å²) in [5.74, 6) is 0.411. The van der Waals surface area contributed by atoms with Crippen LogP contribution in [0.3, 0.4) is 0 Å². The van der Waals surface area contributed by atoms with Crippen LogP contribution >= 0.6 is 11.6 Å². The van der Waals surface area contributed by atoms with Gasteiger partial charge in [0.2, 0.25) is 0 Å². The Bertz CT molecular complexity index is 1410. The minimum Gasteiger partial charge on any atom is -0.497 e. The lowest BCUT2D eigenvalue weighted by molar-refractivity contribution is -0.140. The molecule has 0 unspecified atom stereocenters. The van der Waals surface area contributed by atoms with Crippen LogP contribution in [0.5, 0.6) is 11.5 Å². The lowest BCUT2D eigenvalue weighted by Crippen LogP contribution is -2.36. The summed E-state index contributed by atoms with van der Waals surface area (Å²) < 4.78 is 16.7. The molecule has 6 nitrogen and oxygen atoms in total. The summed E-state index contributed by atoms with van der Waals surface area (Å²) in [6.07, 6.45) is 1.00. The number of esters is 1. The number of dihydropyridines is 1. The Kier molecular flexibility index (Phi) is 8.03. The van der Waals surface area contributed by atoms with E-state index >= 15 is 0 Å². The van der Waals surface area contributed by atoms with Gasteiger partial charge in [-0.2, -0.15) is 0 Å². The smallest absolute Gasteiger partial charge is 0.336 e. The molecule has 0 saturated carbocycles. The first-order valence-corrected chi connectivity index (χ1v) is 13.3. The molecule has 0 radical (unpaired) electrons. The highest BCUT2D eigenvalue weighted by Gasteiger charge is 2.41. The van der Waals surface area contributed by atoms with E-state index in [1.807, 2.05) is 85.8 Å². The molecule has 0 bridgehead atoms. The standard InChI is InChI=1S/C32H30ClNO5/c1-20-29(32(36)39-17-16-38-26-6-4-3-5-7-26)30(22-10-14-25(37-2)15-11-22)31-27(34-20)18-23(19-28(31)35)21-8-12-24(33)13-9-21/h3-15,23,30,34H,16-19H2,1-2H3/t23-,30-/m0/s1. The number of Topliss-reactive ketones (excluding diaryl/α,β-unsaturated/α-hetero) is 1. The number of hydrogen-bond donors (Lipinski definition) is 1. The van der Waals surface area contributed by atoms with E-state index in [0.717, 1.165) is 16.8 Å². The molecule has 2 atom stereocenters. The molecule has 0 aromatic heterocycles. The summed E-state index contributed by atoms with van der Waals surface area (Å²) in [6.45, 7) is 2.16. The van der Waals surface area contributed by atoms with Crippen LogP contribution < -0.4 is 14.8 Å².